The maximum atomic E-state index is 11.1. The highest BCUT2D eigenvalue weighted by Gasteiger charge is 2.27. The van der Waals surface area contributed by atoms with Crippen LogP contribution in [0.1, 0.15) is 63.8 Å². The Balaban J connectivity index is 2.07. The lowest BCUT2D eigenvalue weighted by Gasteiger charge is -2.28. The number of nitrogens with one attached hydrogen (secondary N) is 1. The quantitative estimate of drug-likeness (QED) is 0.246. The molecular weight excluding hydrogens is 432 g/mol. The number of phenolic OH excluding ortho intramolecular Hbond substituents is 1. The second kappa shape index (κ2) is 10.3. The van der Waals surface area contributed by atoms with E-state index in [9.17, 15) is 5.11 Å². The van der Waals surface area contributed by atoms with Crippen LogP contribution in [0.15, 0.2) is 76.8 Å². The van der Waals surface area contributed by atoms with Gasteiger partial charge in [-0.05, 0) is 52.8 Å². The van der Waals surface area contributed by atoms with Gasteiger partial charge in [-0.25, -0.2) is 4.99 Å². The molecule has 35 heavy (non-hydrogen) atoms. The molecule has 5 nitrogen and oxygen atoms in total. The lowest BCUT2D eigenvalue weighted by molar-refractivity contribution is 0.423. The van der Waals surface area contributed by atoms with Crippen LogP contribution in [0.3, 0.4) is 0 Å². The Morgan fingerprint density at radius 3 is 1.86 bits per heavy atom. The van der Waals surface area contributed by atoms with Crippen molar-refractivity contribution in [2.45, 2.75) is 52.4 Å². The van der Waals surface area contributed by atoms with Gasteiger partial charge in [-0.2, -0.15) is 5.10 Å². The molecule has 0 aliphatic carbocycles. The van der Waals surface area contributed by atoms with E-state index < -0.39 is 0 Å². The van der Waals surface area contributed by atoms with Gasteiger partial charge in [0, 0.05) is 36.5 Å². The fraction of sp³-hybridized carbons (Fsp3) is 0.333. The number of nitrogens with zero attached hydrogens (tertiary/aromatic N) is 3. The maximum Gasteiger partial charge on any atom is 0.154 e. The molecule has 0 aromatic heterocycles. The third-order valence-electron chi connectivity index (χ3n) is 5.79. The molecule has 0 heterocycles. The molecule has 5 heteroatoms. The van der Waals surface area contributed by atoms with Gasteiger partial charge in [0.15, 0.2) is 5.84 Å². The van der Waals surface area contributed by atoms with Crippen LogP contribution in [0.4, 0.5) is 11.4 Å². The summed E-state index contributed by atoms with van der Waals surface area (Å²) in [4.78, 5) is 6.94. The maximum absolute atomic E-state index is 11.1. The highest BCUT2D eigenvalue weighted by molar-refractivity contribution is 6.01. The largest absolute Gasteiger partial charge is 0.507 e. The molecule has 3 rings (SSSR count). The van der Waals surface area contributed by atoms with E-state index in [1.165, 1.54) is 0 Å². The Labute approximate surface area is 210 Å². The number of benzene rings is 3. The van der Waals surface area contributed by atoms with Crippen molar-refractivity contribution in [2.24, 2.45) is 10.1 Å². The molecule has 2 N–H and O–H groups in total. The van der Waals surface area contributed by atoms with Crippen LogP contribution in [0, 0.1) is 0 Å². The number of phenols is 1. The standard InChI is InChI=1S/C30H38N4O/c1-29(2,3)25-18-22(19-26(27(25)35)30(4,5)6)28(32-23-12-10-9-11-13-23)33-31-20-21-14-16-24(17-15-21)34(7)8/h9-20,35H,1-8H3,(H,32,33). The summed E-state index contributed by atoms with van der Waals surface area (Å²) in [5, 5.41) is 15.7. The summed E-state index contributed by atoms with van der Waals surface area (Å²) in [5.74, 6) is 0.964. The zero-order valence-electron chi connectivity index (χ0n) is 22.2. The molecule has 0 saturated heterocycles. The minimum atomic E-state index is -0.241. The summed E-state index contributed by atoms with van der Waals surface area (Å²) in [6.45, 7) is 12.6. The molecule has 0 amide bonds. The highest BCUT2D eigenvalue weighted by Crippen LogP contribution is 2.40. The van der Waals surface area contributed by atoms with E-state index in [2.05, 4.69) is 69.1 Å². The Morgan fingerprint density at radius 1 is 0.829 bits per heavy atom. The van der Waals surface area contributed by atoms with Crippen LogP contribution in [0.5, 0.6) is 5.75 Å². The number of hydrazone groups is 1. The van der Waals surface area contributed by atoms with E-state index in [1.54, 1.807) is 6.21 Å². The molecule has 0 aliphatic heterocycles. The van der Waals surface area contributed by atoms with E-state index >= 15 is 0 Å². The van der Waals surface area contributed by atoms with Crippen molar-refractivity contribution in [1.29, 1.82) is 0 Å². The van der Waals surface area contributed by atoms with Crippen LogP contribution in [-0.4, -0.2) is 31.3 Å². The van der Waals surface area contributed by atoms with Gasteiger partial charge in [0.1, 0.15) is 5.75 Å². The third-order valence-corrected chi connectivity index (χ3v) is 5.79. The van der Waals surface area contributed by atoms with E-state index in [0.717, 1.165) is 33.6 Å². The van der Waals surface area contributed by atoms with Gasteiger partial charge in [-0.1, -0.05) is 71.9 Å². The molecule has 184 valence electrons. The number of para-hydroxylation sites is 1. The van der Waals surface area contributed by atoms with Crippen molar-refractivity contribution >= 4 is 23.4 Å². The summed E-state index contributed by atoms with van der Waals surface area (Å²) in [7, 11) is 4.04. The van der Waals surface area contributed by atoms with E-state index in [-0.39, 0.29) is 10.8 Å². The Hall–Kier alpha value is -3.60. The number of anilines is 1. The first kappa shape index (κ1) is 26.0. The predicted molar refractivity (Wildman–Crippen MR) is 150 cm³/mol. The van der Waals surface area contributed by atoms with Crippen LogP contribution >= 0.6 is 0 Å². The molecule has 0 bridgehead atoms. The Bertz CT molecular complexity index is 1160. The fourth-order valence-corrected chi connectivity index (χ4v) is 3.73. The van der Waals surface area contributed by atoms with Gasteiger partial charge in [0.25, 0.3) is 0 Å². The van der Waals surface area contributed by atoms with Crippen molar-refractivity contribution in [1.82, 2.24) is 5.43 Å². The molecule has 0 spiro atoms. The minimum Gasteiger partial charge on any atom is -0.507 e. The first-order valence-electron chi connectivity index (χ1n) is 11.9. The summed E-state index contributed by atoms with van der Waals surface area (Å²) >= 11 is 0. The van der Waals surface area contributed by atoms with Crippen LogP contribution in [-0.2, 0) is 10.8 Å². The van der Waals surface area contributed by atoms with Crippen molar-refractivity contribution < 1.29 is 5.11 Å². The molecule has 0 unspecified atom stereocenters. The number of rotatable bonds is 5. The number of amidine groups is 1. The second-order valence-electron chi connectivity index (χ2n) is 11.1. The number of hydrogen-bond donors (Lipinski definition) is 2. The molecule has 3 aromatic rings. The van der Waals surface area contributed by atoms with Gasteiger partial charge < -0.3 is 10.0 Å². The SMILES string of the molecule is CN(C)c1ccc(C=NNC(=Nc2ccccc2)c2cc(C(C)(C)C)c(O)c(C(C)(C)C)c2)cc1. The van der Waals surface area contributed by atoms with E-state index in [0.29, 0.717) is 11.6 Å². The van der Waals surface area contributed by atoms with Gasteiger partial charge >= 0.3 is 0 Å². The molecule has 3 aromatic carbocycles. The summed E-state index contributed by atoms with van der Waals surface area (Å²) in [6, 6.07) is 22.0. The zero-order valence-corrected chi connectivity index (χ0v) is 22.2. The Morgan fingerprint density at radius 2 is 1.37 bits per heavy atom. The molecule has 0 fully saturated rings. The predicted octanol–water partition coefficient (Wildman–Crippen LogP) is 6.76. The number of hydrogen-bond acceptors (Lipinski definition) is 4. The van der Waals surface area contributed by atoms with Crippen LogP contribution < -0.4 is 10.3 Å². The molecular formula is C30H38N4O. The van der Waals surface area contributed by atoms with Crippen molar-refractivity contribution in [3.05, 3.63) is 89.0 Å². The summed E-state index contributed by atoms with van der Waals surface area (Å²) in [5.41, 5.74) is 8.27. The van der Waals surface area contributed by atoms with Crippen molar-refractivity contribution in [3.63, 3.8) is 0 Å². The van der Waals surface area contributed by atoms with Crippen LogP contribution in [0.25, 0.3) is 0 Å². The third kappa shape index (κ3) is 6.72. The highest BCUT2D eigenvalue weighted by atomic mass is 16.3. The van der Waals surface area contributed by atoms with E-state index in [4.69, 9.17) is 4.99 Å². The van der Waals surface area contributed by atoms with Crippen molar-refractivity contribution in [3.8, 4) is 5.75 Å². The topological polar surface area (TPSA) is 60.2 Å². The summed E-state index contributed by atoms with van der Waals surface area (Å²) < 4.78 is 0. The number of aromatic hydroxyl groups is 1. The average Bonchev–Trinajstić information content (AvgIpc) is 2.78. The second-order valence-corrected chi connectivity index (χ2v) is 11.1. The average molecular weight is 471 g/mol. The molecule has 0 saturated carbocycles. The molecule has 0 radical (unpaired) electrons. The Kier molecular flexibility index (Phi) is 7.69. The van der Waals surface area contributed by atoms with E-state index in [1.807, 2.05) is 68.7 Å². The number of aliphatic imine (C=N–C) groups is 1. The van der Waals surface area contributed by atoms with Crippen LogP contribution in [0.2, 0.25) is 0 Å². The minimum absolute atomic E-state index is 0.241. The zero-order chi connectivity index (χ0) is 25.8. The smallest absolute Gasteiger partial charge is 0.154 e. The molecule has 0 atom stereocenters. The summed E-state index contributed by atoms with van der Waals surface area (Å²) in [6.07, 6.45) is 1.79. The van der Waals surface area contributed by atoms with Gasteiger partial charge in [-0.15, -0.1) is 0 Å². The first-order chi connectivity index (χ1) is 16.4. The fourth-order valence-electron chi connectivity index (χ4n) is 3.73. The van der Waals surface area contributed by atoms with Gasteiger partial charge in [0.2, 0.25) is 0 Å². The first-order valence-corrected chi connectivity index (χ1v) is 11.9. The van der Waals surface area contributed by atoms with Gasteiger partial charge in [0.05, 0.1) is 11.9 Å². The lowest BCUT2D eigenvalue weighted by atomic mass is 9.78. The normalized spacial score (nSPS) is 12.7. The monoisotopic (exact) mass is 470 g/mol. The van der Waals surface area contributed by atoms with Crippen molar-refractivity contribution in [2.75, 3.05) is 19.0 Å². The lowest BCUT2D eigenvalue weighted by Crippen LogP contribution is -2.23. The van der Waals surface area contributed by atoms with Gasteiger partial charge in [-0.3, -0.25) is 5.43 Å². The molecule has 0 aliphatic rings.